The fourth-order valence-electron chi connectivity index (χ4n) is 6.34. The molecule has 0 aliphatic heterocycles. The summed E-state index contributed by atoms with van der Waals surface area (Å²) in [5.74, 6) is 2.95. The van der Waals surface area contributed by atoms with Gasteiger partial charge in [0.1, 0.15) is 0 Å². The molecule has 0 amide bonds. The molecule has 0 N–H and O–H groups in total. The molecule has 5 atom stereocenters. The fourth-order valence-corrected chi connectivity index (χ4v) is 6.34. The lowest BCUT2D eigenvalue weighted by Crippen LogP contribution is -2.49. The van der Waals surface area contributed by atoms with Gasteiger partial charge in [0.2, 0.25) is 0 Å². The van der Waals surface area contributed by atoms with Crippen molar-refractivity contribution in [3.8, 4) is 0 Å². The minimum Gasteiger partial charge on any atom is -0.295 e. The highest BCUT2D eigenvalue weighted by Gasteiger charge is 2.56. The maximum Gasteiger partial charge on any atom is 0.155 e. The minimum atomic E-state index is 0.328. The van der Waals surface area contributed by atoms with Crippen molar-refractivity contribution in [2.75, 3.05) is 0 Å². The average Bonchev–Trinajstić information content (AvgIpc) is 2.76. The molecular weight excluding hydrogens is 256 g/mol. The van der Waals surface area contributed by atoms with E-state index in [1.807, 2.05) is 6.08 Å². The zero-order valence-corrected chi connectivity index (χ0v) is 13.7. The van der Waals surface area contributed by atoms with Crippen LogP contribution >= 0.6 is 0 Å². The normalized spacial score (nSPS) is 48.9. The Balaban J connectivity index is 1.70. The van der Waals surface area contributed by atoms with Gasteiger partial charge in [-0.25, -0.2) is 0 Å². The largest absolute Gasteiger partial charge is 0.295 e. The van der Waals surface area contributed by atoms with E-state index in [0.29, 0.717) is 16.6 Å². The minimum absolute atomic E-state index is 0.328. The van der Waals surface area contributed by atoms with Gasteiger partial charge in [-0.2, -0.15) is 0 Å². The van der Waals surface area contributed by atoms with Crippen molar-refractivity contribution in [2.24, 2.45) is 28.6 Å². The van der Waals surface area contributed by atoms with Gasteiger partial charge >= 0.3 is 0 Å². The van der Waals surface area contributed by atoms with Crippen molar-refractivity contribution in [1.82, 2.24) is 0 Å². The van der Waals surface area contributed by atoms with Gasteiger partial charge in [0.25, 0.3) is 0 Å². The highest BCUT2D eigenvalue weighted by Crippen LogP contribution is 2.65. The number of hydrogen-bond donors (Lipinski definition) is 0. The van der Waals surface area contributed by atoms with Crippen LogP contribution in [-0.2, 0) is 4.79 Å². The van der Waals surface area contributed by atoms with E-state index in [0.717, 1.165) is 30.6 Å². The van der Waals surface area contributed by atoms with Crippen molar-refractivity contribution < 1.29 is 4.79 Å². The highest BCUT2D eigenvalue weighted by molar-refractivity contribution is 5.91. The number of allylic oxidation sites excluding steroid dienone is 4. The lowest BCUT2D eigenvalue weighted by atomic mass is 9.47. The van der Waals surface area contributed by atoms with Crippen LogP contribution in [-0.4, -0.2) is 5.78 Å². The van der Waals surface area contributed by atoms with Gasteiger partial charge in [0.15, 0.2) is 5.78 Å². The fraction of sp³-hybridized carbons (Fsp3) is 0.750. The second kappa shape index (κ2) is 4.33. The molecule has 0 radical (unpaired) electrons. The second-order valence-corrected chi connectivity index (χ2v) is 8.55. The molecule has 0 bridgehead atoms. The van der Waals surface area contributed by atoms with Crippen LogP contribution in [0.4, 0.5) is 0 Å². The number of carbonyl (C=O) groups is 1. The zero-order valence-electron chi connectivity index (χ0n) is 13.7. The molecule has 4 aliphatic carbocycles. The summed E-state index contributed by atoms with van der Waals surface area (Å²) in [5.41, 5.74) is 3.94. The summed E-state index contributed by atoms with van der Waals surface area (Å²) in [4.78, 5) is 11.8. The quantitative estimate of drug-likeness (QED) is 0.567. The van der Waals surface area contributed by atoms with Crippen LogP contribution in [0.1, 0.15) is 65.7 Å². The first-order chi connectivity index (χ1) is 9.95. The number of carbonyl (C=O) groups excluding carboxylic acids is 1. The number of fused-ring (bicyclic) bond motifs is 5. The van der Waals surface area contributed by atoms with Crippen LogP contribution < -0.4 is 0 Å². The van der Waals surface area contributed by atoms with Gasteiger partial charge in [0, 0.05) is 6.42 Å². The third kappa shape index (κ3) is 1.72. The Labute approximate surface area is 128 Å². The van der Waals surface area contributed by atoms with E-state index >= 15 is 0 Å². The smallest absolute Gasteiger partial charge is 0.155 e. The molecule has 21 heavy (non-hydrogen) atoms. The third-order valence-corrected chi connectivity index (χ3v) is 7.93. The Morgan fingerprint density at radius 2 is 1.86 bits per heavy atom. The molecule has 0 aromatic rings. The average molecular weight is 284 g/mol. The van der Waals surface area contributed by atoms with Crippen molar-refractivity contribution in [2.45, 2.75) is 65.7 Å². The Hall–Kier alpha value is -0.850. The molecule has 2 saturated carbocycles. The van der Waals surface area contributed by atoms with E-state index < -0.39 is 0 Å². The van der Waals surface area contributed by atoms with Gasteiger partial charge in [-0.05, 0) is 80.1 Å². The first-order valence-electron chi connectivity index (χ1n) is 8.86. The third-order valence-electron chi connectivity index (χ3n) is 7.93. The van der Waals surface area contributed by atoms with Crippen LogP contribution in [0.3, 0.4) is 0 Å². The molecule has 4 aliphatic rings. The lowest BCUT2D eigenvalue weighted by molar-refractivity contribution is -0.117. The first-order valence-corrected chi connectivity index (χ1v) is 8.86. The van der Waals surface area contributed by atoms with E-state index in [-0.39, 0.29) is 0 Å². The Kier molecular flexibility index (Phi) is 2.85. The lowest BCUT2D eigenvalue weighted by Gasteiger charge is -2.57. The van der Waals surface area contributed by atoms with Crippen molar-refractivity contribution in [1.29, 1.82) is 0 Å². The molecule has 0 aromatic heterocycles. The summed E-state index contributed by atoms with van der Waals surface area (Å²) in [6.07, 6.45) is 12.9. The molecule has 0 spiro atoms. The monoisotopic (exact) mass is 284 g/mol. The van der Waals surface area contributed by atoms with E-state index in [1.54, 1.807) is 5.57 Å². The van der Waals surface area contributed by atoms with Crippen LogP contribution in [0.15, 0.2) is 23.3 Å². The summed E-state index contributed by atoms with van der Waals surface area (Å²) >= 11 is 0. The molecule has 0 unspecified atom stereocenters. The summed E-state index contributed by atoms with van der Waals surface area (Å²) in [6, 6.07) is 0. The van der Waals surface area contributed by atoms with E-state index in [9.17, 15) is 4.79 Å². The number of rotatable bonds is 0. The molecule has 1 heteroatoms. The molecule has 2 fully saturated rings. The van der Waals surface area contributed by atoms with Crippen molar-refractivity contribution in [3.05, 3.63) is 23.3 Å². The molecule has 1 nitrogen and oxygen atoms in total. The predicted octanol–water partition coefficient (Wildman–Crippen LogP) is 5.07. The Morgan fingerprint density at radius 3 is 2.67 bits per heavy atom. The SMILES string of the molecule is CC1=CC[C@H]2[C@@H]3CCC4=CC(=O)CC[C@]4(C)[C@H]3CC[C@]12C. The van der Waals surface area contributed by atoms with Crippen LogP contribution in [0.5, 0.6) is 0 Å². The summed E-state index contributed by atoms with van der Waals surface area (Å²) in [6.45, 7) is 7.35. The van der Waals surface area contributed by atoms with Crippen molar-refractivity contribution in [3.63, 3.8) is 0 Å². The molecule has 0 aromatic carbocycles. The van der Waals surface area contributed by atoms with Gasteiger partial charge in [-0.1, -0.05) is 31.1 Å². The maximum atomic E-state index is 11.8. The highest BCUT2D eigenvalue weighted by atomic mass is 16.1. The van der Waals surface area contributed by atoms with Crippen LogP contribution in [0, 0.1) is 28.6 Å². The number of ketones is 1. The van der Waals surface area contributed by atoms with Gasteiger partial charge in [-0.3, -0.25) is 4.79 Å². The van der Waals surface area contributed by atoms with E-state index in [1.165, 1.54) is 37.7 Å². The van der Waals surface area contributed by atoms with Gasteiger partial charge in [0.05, 0.1) is 0 Å². The maximum absolute atomic E-state index is 11.8. The zero-order chi connectivity index (χ0) is 14.8. The Bertz CT molecular complexity index is 554. The molecular formula is C20H28O. The standard InChI is InChI=1S/C20H28O/c1-13-4-7-17-16-6-5-14-12-15(21)8-10-20(14,3)18(16)9-11-19(13,17)2/h4,12,16-18H,5-11H2,1-3H3/t16-,17-,18-,19+,20-/m0/s1. The van der Waals surface area contributed by atoms with Crippen LogP contribution in [0.25, 0.3) is 0 Å². The molecule has 4 rings (SSSR count). The second-order valence-electron chi connectivity index (χ2n) is 8.55. The first kappa shape index (κ1) is 13.8. The molecule has 0 heterocycles. The predicted molar refractivity (Wildman–Crippen MR) is 85.9 cm³/mol. The van der Waals surface area contributed by atoms with Gasteiger partial charge in [-0.15, -0.1) is 0 Å². The summed E-state index contributed by atoms with van der Waals surface area (Å²) in [5, 5.41) is 0. The summed E-state index contributed by atoms with van der Waals surface area (Å²) in [7, 11) is 0. The Morgan fingerprint density at radius 1 is 1.05 bits per heavy atom. The van der Waals surface area contributed by atoms with E-state index in [2.05, 4.69) is 26.8 Å². The molecule has 114 valence electrons. The molecule has 0 saturated heterocycles. The summed E-state index contributed by atoms with van der Waals surface area (Å²) < 4.78 is 0. The van der Waals surface area contributed by atoms with E-state index in [4.69, 9.17) is 0 Å². The van der Waals surface area contributed by atoms with Crippen molar-refractivity contribution >= 4 is 5.78 Å². The van der Waals surface area contributed by atoms with Crippen LogP contribution in [0.2, 0.25) is 0 Å². The number of hydrogen-bond acceptors (Lipinski definition) is 1. The topological polar surface area (TPSA) is 17.1 Å². The van der Waals surface area contributed by atoms with Gasteiger partial charge < -0.3 is 0 Å².